The molecule has 0 spiro atoms. The second-order valence-electron chi connectivity index (χ2n) is 3.65. The molecule has 0 saturated carbocycles. The van der Waals surface area contributed by atoms with Crippen LogP contribution in [0.5, 0.6) is 0 Å². The van der Waals surface area contributed by atoms with Crippen molar-refractivity contribution in [3.63, 3.8) is 0 Å². The molecule has 18 heavy (non-hydrogen) atoms. The summed E-state index contributed by atoms with van der Waals surface area (Å²) >= 11 is 0. The van der Waals surface area contributed by atoms with Crippen molar-refractivity contribution in [3.8, 4) is 0 Å². The molecule has 0 aliphatic heterocycles. The van der Waals surface area contributed by atoms with Crippen molar-refractivity contribution < 1.29 is 22.7 Å². The number of halogens is 2. The second-order valence-corrected chi connectivity index (χ2v) is 6.47. The minimum Gasteiger partial charge on any atom is -0.465 e. The average Bonchev–Trinajstić information content (AvgIpc) is 2.17. The molecule has 8 heteroatoms. The third-order valence-electron chi connectivity index (χ3n) is 2.15. The van der Waals surface area contributed by atoms with E-state index in [-0.39, 0.29) is 12.0 Å². The molecule has 0 radical (unpaired) electrons. The number of hydrogen-bond donors (Lipinski definition) is 2. The maximum absolute atomic E-state index is 13.4. The van der Waals surface area contributed by atoms with E-state index in [1.54, 1.807) is 6.07 Å². The molecular formula is C10H11ClFNO4S. The van der Waals surface area contributed by atoms with Crippen LogP contribution in [-0.4, -0.2) is 31.4 Å². The molecule has 1 rings (SSSR count). The van der Waals surface area contributed by atoms with E-state index in [9.17, 15) is 17.6 Å². The summed E-state index contributed by atoms with van der Waals surface area (Å²) in [6.45, 7) is 0. The predicted molar refractivity (Wildman–Crippen MR) is 64.7 cm³/mol. The van der Waals surface area contributed by atoms with Crippen LogP contribution < -0.4 is 5.32 Å². The normalized spacial score (nSPS) is 13.0. The molecule has 0 saturated heterocycles. The molecule has 1 aromatic carbocycles. The standard InChI is InChI=1S/C10H11ClFNO4S/c11-18(16,17)6-8(13-10(14)15)5-7-3-1-2-4-9(7)12/h1-4,8,13H,5-6H2,(H,14,15)/t8-/m1/s1. The monoisotopic (exact) mass is 295 g/mol. The van der Waals surface area contributed by atoms with Crippen molar-refractivity contribution >= 4 is 25.8 Å². The molecule has 0 aromatic heterocycles. The van der Waals surface area contributed by atoms with Crippen LogP contribution in [0.25, 0.3) is 0 Å². The molecule has 1 aromatic rings. The summed E-state index contributed by atoms with van der Waals surface area (Å²) in [5.74, 6) is -1.13. The third-order valence-corrected chi connectivity index (χ3v) is 3.33. The largest absolute Gasteiger partial charge is 0.465 e. The van der Waals surface area contributed by atoms with Crippen molar-refractivity contribution in [1.29, 1.82) is 0 Å². The van der Waals surface area contributed by atoms with Gasteiger partial charge in [0.15, 0.2) is 0 Å². The molecule has 0 unspecified atom stereocenters. The molecule has 2 N–H and O–H groups in total. The van der Waals surface area contributed by atoms with Crippen LogP contribution >= 0.6 is 10.7 Å². The highest BCUT2D eigenvalue weighted by Gasteiger charge is 2.20. The second kappa shape index (κ2) is 6.01. The Hall–Kier alpha value is -1.34. The first-order valence-electron chi connectivity index (χ1n) is 4.93. The topological polar surface area (TPSA) is 83.5 Å². The Bertz CT molecular complexity index is 534. The number of carboxylic acid groups (broad SMARTS) is 1. The highest BCUT2D eigenvalue weighted by Crippen LogP contribution is 2.11. The maximum atomic E-state index is 13.4. The Morgan fingerprint density at radius 3 is 2.56 bits per heavy atom. The molecule has 0 aliphatic rings. The fourth-order valence-corrected chi connectivity index (χ4v) is 2.63. The van der Waals surface area contributed by atoms with E-state index in [0.717, 1.165) is 0 Å². The van der Waals surface area contributed by atoms with Gasteiger partial charge in [0.2, 0.25) is 9.05 Å². The molecule has 0 heterocycles. The van der Waals surface area contributed by atoms with Gasteiger partial charge < -0.3 is 10.4 Å². The zero-order valence-corrected chi connectivity index (χ0v) is 10.7. The van der Waals surface area contributed by atoms with Crippen LogP contribution in [0.2, 0.25) is 0 Å². The fourth-order valence-electron chi connectivity index (χ4n) is 1.50. The summed E-state index contributed by atoms with van der Waals surface area (Å²) in [5, 5.41) is 10.6. The molecule has 100 valence electrons. The van der Waals surface area contributed by atoms with Crippen LogP contribution in [-0.2, 0) is 15.5 Å². The van der Waals surface area contributed by atoms with Gasteiger partial charge in [-0.1, -0.05) is 18.2 Å². The molecule has 1 amide bonds. The van der Waals surface area contributed by atoms with Gasteiger partial charge in [-0.05, 0) is 18.1 Å². The molecule has 5 nitrogen and oxygen atoms in total. The van der Waals surface area contributed by atoms with E-state index >= 15 is 0 Å². The van der Waals surface area contributed by atoms with Gasteiger partial charge in [-0.3, -0.25) is 0 Å². The van der Waals surface area contributed by atoms with Crippen molar-refractivity contribution in [3.05, 3.63) is 35.6 Å². The zero-order chi connectivity index (χ0) is 13.8. The summed E-state index contributed by atoms with van der Waals surface area (Å²) < 4.78 is 35.2. The SMILES string of the molecule is O=C(O)N[C@H](Cc1ccccc1F)CS(=O)(=O)Cl. The number of benzene rings is 1. The highest BCUT2D eigenvalue weighted by molar-refractivity contribution is 8.13. The van der Waals surface area contributed by atoms with Gasteiger partial charge in [0, 0.05) is 10.7 Å². The van der Waals surface area contributed by atoms with E-state index in [4.69, 9.17) is 15.8 Å². The lowest BCUT2D eigenvalue weighted by Crippen LogP contribution is -2.39. The average molecular weight is 296 g/mol. The summed E-state index contributed by atoms with van der Waals surface area (Å²) in [7, 11) is 1.18. The zero-order valence-electron chi connectivity index (χ0n) is 9.14. The van der Waals surface area contributed by atoms with Gasteiger partial charge in [-0.25, -0.2) is 17.6 Å². The molecule has 1 atom stereocenters. The van der Waals surface area contributed by atoms with Crippen LogP contribution in [0.4, 0.5) is 9.18 Å². The van der Waals surface area contributed by atoms with E-state index < -0.39 is 32.8 Å². The van der Waals surface area contributed by atoms with Gasteiger partial charge in [-0.2, -0.15) is 0 Å². The number of carbonyl (C=O) groups is 1. The fraction of sp³-hybridized carbons (Fsp3) is 0.300. The van der Waals surface area contributed by atoms with Gasteiger partial charge in [0.25, 0.3) is 0 Å². The first-order chi connectivity index (χ1) is 8.28. The predicted octanol–water partition coefficient (Wildman–Crippen LogP) is 1.57. The van der Waals surface area contributed by atoms with E-state index in [2.05, 4.69) is 0 Å². The van der Waals surface area contributed by atoms with Crippen LogP contribution in [0, 0.1) is 5.82 Å². The Kier molecular flexibility index (Phi) is 4.92. The number of hydrogen-bond acceptors (Lipinski definition) is 3. The first-order valence-corrected chi connectivity index (χ1v) is 7.41. The summed E-state index contributed by atoms with van der Waals surface area (Å²) in [6.07, 6.45) is -1.48. The summed E-state index contributed by atoms with van der Waals surface area (Å²) in [4.78, 5) is 10.5. The Labute approximate surface area is 108 Å². The van der Waals surface area contributed by atoms with E-state index in [1.807, 2.05) is 5.32 Å². The van der Waals surface area contributed by atoms with Gasteiger partial charge >= 0.3 is 6.09 Å². The first kappa shape index (κ1) is 14.7. The molecular weight excluding hydrogens is 285 g/mol. The van der Waals surface area contributed by atoms with Crippen LogP contribution in [0.3, 0.4) is 0 Å². The summed E-state index contributed by atoms with van der Waals surface area (Å²) in [5.41, 5.74) is 0.219. The minimum absolute atomic E-state index is 0.0923. The van der Waals surface area contributed by atoms with Crippen molar-refractivity contribution in [2.45, 2.75) is 12.5 Å². The number of nitrogens with one attached hydrogen (secondary N) is 1. The maximum Gasteiger partial charge on any atom is 0.404 e. The highest BCUT2D eigenvalue weighted by atomic mass is 35.7. The van der Waals surface area contributed by atoms with Gasteiger partial charge in [0.05, 0.1) is 11.8 Å². The van der Waals surface area contributed by atoms with Gasteiger partial charge in [-0.15, -0.1) is 0 Å². The van der Waals surface area contributed by atoms with E-state index in [1.165, 1.54) is 18.2 Å². The quantitative estimate of drug-likeness (QED) is 0.808. The lowest BCUT2D eigenvalue weighted by Gasteiger charge is -2.15. The van der Waals surface area contributed by atoms with Gasteiger partial charge in [0.1, 0.15) is 5.82 Å². The molecule has 0 bridgehead atoms. The number of rotatable bonds is 5. The third kappa shape index (κ3) is 5.33. The minimum atomic E-state index is -3.88. The van der Waals surface area contributed by atoms with Crippen LogP contribution in [0.15, 0.2) is 24.3 Å². The lowest BCUT2D eigenvalue weighted by atomic mass is 10.1. The van der Waals surface area contributed by atoms with E-state index in [0.29, 0.717) is 0 Å². The molecule has 0 aliphatic carbocycles. The van der Waals surface area contributed by atoms with Crippen molar-refractivity contribution in [2.24, 2.45) is 0 Å². The Morgan fingerprint density at radius 2 is 2.06 bits per heavy atom. The number of amides is 1. The Morgan fingerprint density at radius 1 is 1.44 bits per heavy atom. The smallest absolute Gasteiger partial charge is 0.404 e. The van der Waals surface area contributed by atoms with Crippen molar-refractivity contribution in [1.82, 2.24) is 5.32 Å². The van der Waals surface area contributed by atoms with Crippen LogP contribution in [0.1, 0.15) is 5.56 Å². The van der Waals surface area contributed by atoms with Crippen molar-refractivity contribution in [2.75, 3.05) is 5.75 Å². The molecule has 0 fully saturated rings. The Balaban J connectivity index is 2.85. The summed E-state index contributed by atoms with van der Waals surface area (Å²) in [6, 6.07) is 4.72. The lowest BCUT2D eigenvalue weighted by molar-refractivity contribution is 0.191.